The van der Waals surface area contributed by atoms with Gasteiger partial charge >= 0.3 is 0 Å². The van der Waals surface area contributed by atoms with Crippen molar-refractivity contribution in [2.24, 2.45) is 0 Å². The summed E-state index contributed by atoms with van der Waals surface area (Å²) in [7, 11) is 0. The summed E-state index contributed by atoms with van der Waals surface area (Å²) in [6.45, 7) is 0. The van der Waals surface area contributed by atoms with Crippen molar-refractivity contribution >= 4 is 10.8 Å². The SMILES string of the molecule is c1ccc(-c2nc(-c3cccc(-c4cccc5c4-c4ccccc4C54c5ccccc5-c5ccccc54)c3)nc(-c3cccc4ccccc34)n2)cc1. The van der Waals surface area contributed by atoms with Crippen LogP contribution in [0.3, 0.4) is 0 Å². The highest BCUT2D eigenvalue weighted by molar-refractivity contribution is 6.00. The average molecular weight is 674 g/mol. The maximum atomic E-state index is 5.18. The molecule has 3 heteroatoms. The molecule has 2 aliphatic rings. The van der Waals surface area contributed by atoms with Crippen LogP contribution in [0.5, 0.6) is 0 Å². The maximum absolute atomic E-state index is 5.18. The molecule has 1 spiro atoms. The van der Waals surface area contributed by atoms with E-state index in [1.54, 1.807) is 0 Å². The van der Waals surface area contributed by atoms with E-state index < -0.39 is 0 Å². The van der Waals surface area contributed by atoms with Gasteiger partial charge in [0.1, 0.15) is 0 Å². The number of hydrogen-bond acceptors (Lipinski definition) is 3. The molecule has 3 nitrogen and oxygen atoms in total. The molecule has 0 atom stereocenters. The van der Waals surface area contributed by atoms with E-state index in [0.29, 0.717) is 17.5 Å². The third kappa shape index (κ3) is 4.31. The second-order valence-electron chi connectivity index (χ2n) is 13.9. The van der Waals surface area contributed by atoms with E-state index in [1.165, 1.54) is 50.1 Å². The van der Waals surface area contributed by atoms with Gasteiger partial charge in [0, 0.05) is 16.7 Å². The van der Waals surface area contributed by atoms with Gasteiger partial charge in [0.15, 0.2) is 17.5 Å². The summed E-state index contributed by atoms with van der Waals surface area (Å²) < 4.78 is 0. The van der Waals surface area contributed by atoms with Crippen molar-refractivity contribution in [1.29, 1.82) is 0 Å². The Labute approximate surface area is 308 Å². The lowest BCUT2D eigenvalue weighted by Gasteiger charge is -2.30. The standard InChI is InChI=1S/C50H31N3/c1-2-16-33(17-3-1)47-51-48(53-49(52-47)40-26-13-18-32-15-4-5-21-36(32)40)35-20-12-19-34(31-35)37-25-14-30-45-46(37)41-24-8-11-29-44(41)50(45)42-27-9-6-22-38(42)39-23-7-10-28-43(39)50/h1-31H. The zero-order valence-corrected chi connectivity index (χ0v) is 28.7. The molecule has 0 saturated heterocycles. The highest BCUT2D eigenvalue weighted by atomic mass is 15.0. The zero-order valence-electron chi connectivity index (χ0n) is 28.7. The van der Waals surface area contributed by atoms with Gasteiger partial charge in [0.2, 0.25) is 0 Å². The van der Waals surface area contributed by atoms with Gasteiger partial charge in [-0.25, -0.2) is 15.0 Å². The summed E-state index contributed by atoms with van der Waals surface area (Å²) in [6.07, 6.45) is 0. The Bertz CT molecular complexity index is 2860. The fourth-order valence-electron chi connectivity index (χ4n) is 8.97. The first kappa shape index (κ1) is 29.7. The molecule has 53 heavy (non-hydrogen) atoms. The van der Waals surface area contributed by atoms with Gasteiger partial charge in [0.05, 0.1) is 5.41 Å². The van der Waals surface area contributed by atoms with Crippen LogP contribution in [0.2, 0.25) is 0 Å². The summed E-state index contributed by atoms with van der Waals surface area (Å²) in [4.78, 5) is 15.3. The molecule has 9 aromatic rings. The number of rotatable bonds is 4. The van der Waals surface area contributed by atoms with Crippen molar-refractivity contribution in [3.63, 3.8) is 0 Å². The molecule has 1 aromatic heterocycles. The Hall–Kier alpha value is -6.97. The minimum atomic E-state index is -0.390. The largest absolute Gasteiger partial charge is 0.208 e. The third-order valence-corrected chi connectivity index (χ3v) is 11.2. The van der Waals surface area contributed by atoms with Gasteiger partial charge in [-0.1, -0.05) is 182 Å². The van der Waals surface area contributed by atoms with E-state index in [0.717, 1.165) is 33.0 Å². The zero-order chi connectivity index (χ0) is 34.9. The topological polar surface area (TPSA) is 38.7 Å². The molecule has 0 aliphatic heterocycles. The molecule has 0 saturated carbocycles. The average Bonchev–Trinajstić information content (AvgIpc) is 3.71. The van der Waals surface area contributed by atoms with Crippen molar-refractivity contribution in [2.45, 2.75) is 5.41 Å². The van der Waals surface area contributed by atoms with Crippen LogP contribution >= 0.6 is 0 Å². The van der Waals surface area contributed by atoms with Gasteiger partial charge in [-0.2, -0.15) is 0 Å². The first-order valence-corrected chi connectivity index (χ1v) is 18.1. The predicted molar refractivity (Wildman–Crippen MR) is 215 cm³/mol. The normalized spacial score (nSPS) is 13.1. The smallest absolute Gasteiger partial charge is 0.164 e. The molecule has 8 aromatic carbocycles. The Balaban J connectivity index is 1.12. The number of fused-ring (bicyclic) bond motifs is 11. The molecule has 0 amide bonds. The van der Waals surface area contributed by atoms with Crippen molar-refractivity contribution in [3.05, 3.63) is 210 Å². The first-order valence-electron chi connectivity index (χ1n) is 18.1. The Morgan fingerprint density at radius 1 is 0.302 bits per heavy atom. The molecule has 0 N–H and O–H groups in total. The van der Waals surface area contributed by atoms with Crippen LogP contribution in [0.25, 0.3) is 78.3 Å². The number of benzene rings is 8. The molecule has 11 rings (SSSR count). The number of nitrogens with zero attached hydrogens (tertiary/aromatic N) is 3. The highest BCUT2D eigenvalue weighted by Crippen LogP contribution is 2.63. The quantitative estimate of drug-likeness (QED) is 0.187. The molecule has 246 valence electrons. The molecular formula is C50H31N3. The van der Waals surface area contributed by atoms with E-state index in [2.05, 4.69) is 170 Å². The number of aromatic nitrogens is 3. The summed E-state index contributed by atoms with van der Waals surface area (Å²) in [6, 6.07) is 67.3. The summed E-state index contributed by atoms with van der Waals surface area (Å²) in [5, 5.41) is 2.26. The predicted octanol–water partition coefficient (Wildman–Crippen LogP) is 12.0. The second kappa shape index (κ2) is 11.5. The Morgan fingerprint density at radius 2 is 0.774 bits per heavy atom. The monoisotopic (exact) mass is 673 g/mol. The lowest BCUT2D eigenvalue weighted by molar-refractivity contribution is 0.794. The second-order valence-corrected chi connectivity index (χ2v) is 13.9. The molecule has 0 unspecified atom stereocenters. The maximum Gasteiger partial charge on any atom is 0.164 e. The van der Waals surface area contributed by atoms with Crippen LogP contribution in [-0.2, 0) is 5.41 Å². The lowest BCUT2D eigenvalue weighted by atomic mass is 9.70. The summed E-state index contributed by atoms with van der Waals surface area (Å²) in [5.41, 5.74) is 15.3. The summed E-state index contributed by atoms with van der Waals surface area (Å²) >= 11 is 0. The highest BCUT2D eigenvalue weighted by Gasteiger charge is 2.51. The van der Waals surface area contributed by atoms with E-state index in [-0.39, 0.29) is 5.41 Å². The van der Waals surface area contributed by atoms with E-state index in [9.17, 15) is 0 Å². The fraction of sp³-hybridized carbons (Fsp3) is 0.0200. The van der Waals surface area contributed by atoms with E-state index in [1.807, 2.05) is 18.2 Å². The Kier molecular flexibility index (Phi) is 6.47. The molecule has 2 aliphatic carbocycles. The van der Waals surface area contributed by atoms with E-state index in [4.69, 9.17) is 15.0 Å². The van der Waals surface area contributed by atoms with Gasteiger partial charge in [-0.15, -0.1) is 0 Å². The van der Waals surface area contributed by atoms with Crippen LogP contribution < -0.4 is 0 Å². The molecule has 1 heterocycles. The molecule has 0 fully saturated rings. The van der Waals surface area contributed by atoms with Gasteiger partial charge in [-0.3, -0.25) is 0 Å². The minimum Gasteiger partial charge on any atom is -0.208 e. The van der Waals surface area contributed by atoms with Crippen molar-refractivity contribution in [3.8, 4) is 67.5 Å². The van der Waals surface area contributed by atoms with Crippen molar-refractivity contribution < 1.29 is 0 Å². The van der Waals surface area contributed by atoms with Crippen LogP contribution in [0.1, 0.15) is 22.3 Å². The number of hydrogen-bond donors (Lipinski definition) is 0. The summed E-state index contributed by atoms with van der Waals surface area (Å²) in [5.74, 6) is 1.96. The van der Waals surface area contributed by atoms with Gasteiger partial charge < -0.3 is 0 Å². The van der Waals surface area contributed by atoms with Crippen LogP contribution in [-0.4, -0.2) is 15.0 Å². The first-order chi connectivity index (χ1) is 26.3. The third-order valence-electron chi connectivity index (χ3n) is 11.2. The van der Waals surface area contributed by atoms with Crippen LogP contribution in [0.15, 0.2) is 188 Å². The van der Waals surface area contributed by atoms with Crippen molar-refractivity contribution in [1.82, 2.24) is 15.0 Å². The van der Waals surface area contributed by atoms with E-state index >= 15 is 0 Å². The molecule has 0 radical (unpaired) electrons. The molecule has 0 bridgehead atoms. The van der Waals surface area contributed by atoms with Crippen LogP contribution in [0, 0.1) is 0 Å². The van der Waals surface area contributed by atoms with Crippen molar-refractivity contribution in [2.75, 3.05) is 0 Å². The van der Waals surface area contributed by atoms with Gasteiger partial charge in [-0.05, 0) is 72.5 Å². The fourth-order valence-corrected chi connectivity index (χ4v) is 8.97. The van der Waals surface area contributed by atoms with Crippen LogP contribution in [0.4, 0.5) is 0 Å². The molecular weight excluding hydrogens is 643 g/mol. The Morgan fingerprint density at radius 3 is 1.55 bits per heavy atom. The lowest BCUT2D eigenvalue weighted by Crippen LogP contribution is -2.25. The van der Waals surface area contributed by atoms with Gasteiger partial charge in [0.25, 0.3) is 0 Å². The minimum absolute atomic E-state index is 0.390.